The van der Waals surface area contributed by atoms with E-state index >= 15 is 0 Å². The molecule has 3 aromatic rings. The molecule has 2 aromatic heterocycles. The number of imidazole rings is 1. The molecular formula is C28H43ClN6O5. The Morgan fingerprint density at radius 1 is 1.02 bits per heavy atom. The van der Waals surface area contributed by atoms with Crippen LogP contribution in [0.25, 0.3) is 11.2 Å². The van der Waals surface area contributed by atoms with Crippen LogP contribution in [0.4, 0.5) is 5.95 Å². The lowest BCUT2D eigenvalue weighted by atomic mass is 9.83. The molecule has 1 saturated carbocycles. The molecule has 0 radical (unpaired) electrons. The molecule has 222 valence electrons. The molecule has 1 aliphatic carbocycles. The smallest absolute Gasteiger partial charge is 0.332 e. The van der Waals surface area contributed by atoms with Crippen LogP contribution in [0.15, 0.2) is 39.9 Å². The summed E-state index contributed by atoms with van der Waals surface area (Å²) in [6.07, 6.45) is 3.16. The van der Waals surface area contributed by atoms with Crippen LogP contribution in [0.3, 0.4) is 0 Å². The number of fused-ring (bicyclic) bond motifs is 1. The van der Waals surface area contributed by atoms with Gasteiger partial charge in [-0.25, -0.2) is 4.79 Å². The van der Waals surface area contributed by atoms with Crippen LogP contribution in [0.5, 0.6) is 0 Å². The van der Waals surface area contributed by atoms with Crippen molar-refractivity contribution < 1.29 is 33.0 Å². The summed E-state index contributed by atoms with van der Waals surface area (Å²) in [5.74, 6) is 0.510. The summed E-state index contributed by atoms with van der Waals surface area (Å²) in [7, 11) is 2.98. The molecule has 12 heteroatoms. The number of aromatic nitrogens is 4. The fourth-order valence-corrected chi connectivity index (χ4v) is 5.65. The van der Waals surface area contributed by atoms with E-state index in [1.165, 1.54) is 18.0 Å². The number of anilines is 1. The van der Waals surface area contributed by atoms with Gasteiger partial charge in [0.2, 0.25) is 5.95 Å². The third kappa shape index (κ3) is 6.77. The molecule has 2 heterocycles. The van der Waals surface area contributed by atoms with Crippen molar-refractivity contribution >= 4 is 17.1 Å². The predicted molar refractivity (Wildman–Crippen MR) is 150 cm³/mol. The summed E-state index contributed by atoms with van der Waals surface area (Å²) in [4.78, 5) is 30.4. The number of quaternary nitrogens is 1. The molecule has 1 fully saturated rings. The topological polar surface area (TPSA) is 151 Å². The minimum absolute atomic E-state index is 0. The molecule has 1 aliphatic rings. The number of halogens is 1. The Balaban J connectivity index is 0.00000441. The number of aliphatic hydroxyl groups excluding tert-OH is 3. The highest BCUT2D eigenvalue weighted by molar-refractivity contribution is 5.74. The number of nitrogens with two attached hydrogens (primary N) is 1. The number of nitrogens with one attached hydrogen (secondary N) is 1. The zero-order valence-electron chi connectivity index (χ0n) is 23.7. The van der Waals surface area contributed by atoms with Crippen molar-refractivity contribution in [3.8, 4) is 0 Å². The number of nitrogens with zero attached hydrogens (tertiary/aromatic N) is 4. The fraction of sp³-hybridized carbons (Fsp3) is 0.607. The molecule has 0 amide bonds. The van der Waals surface area contributed by atoms with Gasteiger partial charge in [0.05, 0.1) is 18.7 Å². The second-order valence-electron chi connectivity index (χ2n) is 11.1. The molecule has 4 rings (SSSR count). The van der Waals surface area contributed by atoms with Crippen molar-refractivity contribution in [3.05, 3.63) is 56.7 Å². The molecule has 0 spiro atoms. The highest BCUT2D eigenvalue weighted by atomic mass is 35.5. The first kappa shape index (κ1) is 31.8. The highest BCUT2D eigenvalue weighted by Gasteiger charge is 2.29. The Labute approximate surface area is 240 Å². The van der Waals surface area contributed by atoms with E-state index in [0.29, 0.717) is 5.95 Å². The molecule has 0 bridgehead atoms. The van der Waals surface area contributed by atoms with Gasteiger partial charge in [-0.2, -0.15) is 4.98 Å². The first-order valence-electron chi connectivity index (χ1n) is 13.9. The fourth-order valence-electron chi connectivity index (χ4n) is 5.65. The van der Waals surface area contributed by atoms with E-state index < -0.39 is 29.6 Å². The van der Waals surface area contributed by atoms with Gasteiger partial charge >= 0.3 is 5.69 Å². The lowest BCUT2D eigenvalue weighted by Gasteiger charge is -2.31. The van der Waals surface area contributed by atoms with Crippen molar-refractivity contribution in [2.75, 3.05) is 11.9 Å². The van der Waals surface area contributed by atoms with Crippen LogP contribution in [-0.4, -0.2) is 64.8 Å². The second-order valence-corrected chi connectivity index (χ2v) is 11.1. The average molecular weight is 579 g/mol. The van der Waals surface area contributed by atoms with Gasteiger partial charge in [0.15, 0.2) is 11.2 Å². The van der Waals surface area contributed by atoms with Gasteiger partial charge in [-0.05, 0) is 38.2 Å². The van der Waals surface area contributed by atoms with Gasteiger partial charge in [-0.1, -0.05) is 49.6 Å². The first-order chi connectivity index (χ1) is 18.6. The molecule has 6 N–H and O–H groups in total. The van der Waals surface area contributed by atoms with Crippen molar-refractivity contribution in [2.24, 2.45) is 20.0 Å². The van der Waals surface area contributed by atoms with Gasteiger partial charge < -0.3 is 42.9 Å². The van der Waals surface area contributed by atoms with Gasteiger partial charge in [0.1, 0.15) is 24.8 Å². The summed E-state index contributed by atoms with van der Waals surface area (Å²) in [6.45, 7) is 4.10. The van der Waals surface area contributed by atoms with E-state index in [2.05, 4.69) is 10.3 Å². The van der Waals surface area contributed by atoms with Crippen molar-refractivity contribution in [1.29, 1.82) is 0 Å². The molecule has 11 nitrogen and oxygen atoms in total. The Hall–Kier alpha value is -2.70. The minimum Gasteiger partial charge on any atom is -1.00 e. The zero-order valence-corrected chi connectivity index (χ0v) is 24.5. The predicted octanol–water partition coefficient (Wildman–Crippen LogP) is -2.77. The van der Waals surface area contributed by atoms with Gasteiger partial charge in [-0.15, -0.1) is 0 Å². The molecule has 0 aliphatic heterocycles. The van der Waals surface area contributed by atoms with Crippen LogP contribution in [0.2, 0.25) is 0 Å². The molecule has 5 atom stereocenters. The minimum atomic E-state index is -0.881. The summed E-state index contributed by atoms with van der Waals surface area (Å²) in [5.41, 5.74) is 0.236. The molecular weight excluding hydrogens is 536 g/mol. The van der Waals surface area contributed by atoms with Gasteiger partial charge in [0.25, 0.3) is 5.56 Å². The Bertz CT molecular complexity index is 1370. The number of benzene rings is 1. The molecule has 0 saturated heterocycles. The lowest BCUT2D eigenvalue weighted by molar-refractivity contribution is -0.699. The molecule has 40 heavy (non-hydrogen) atoms. The largest absolute Gasteiger partial charge is 1.00 e. The van der Waals surface area contributed by atoms with E-state index in [-0.39, 0.29) is 54.7 Å². The van der Waals surface area contributed by atoms with Crippen molar-refractivity contribution in [2.45, 2.75) is 82.9 Å². The standard InChI is InChI=1S/C28H42N6O5.ClH/c1-17(23(36)19-11-7-5-8-12-19)29-15-21(35)16-34-22-25(32(3)28(39)33(4)26(22)38)31-27(34)30-18(2)24(37)20-13-9-6-10-14-20;/h5,7-8,11-12,17-18,20-21,23-24,29,35-37H,6,9-10,13-16H2,1-4H3,(H,30,31);1H. The molecule has 5 unspecified atom stereocenters. The number of rotatable bonds is 11. The van der Waals surface area contributed by atoms with Gasteiger partial charge in [-0.3, -0.25) is 13.9 Å². The summed E-state index contributed by atoms with van der Waals surface area (Å²) in [5, 5.41) is 37.9. The van der Waals surface area contributed by atoms with E-state index in [9.17, 15) is 24.9 Å². The zero-order chi connectivity index (χ0) is 28.3. The number of hydrogen-bond acceptors (Lipinski definition) is 7. The van der Waals surface area contributed by atoms with Gasteiger partial charge in [0, 0.05) is 14.1 Å². The Morgan fingerprint density at radius 2 is 1.68 bits per heavy atom. The maximum atomic E-state index is 13.2. The van der Waals surface area contributed by atoms with E-state index in [1.54, 1.807) is 11.6 Å². The van der Waals surface area contributed by atoms with Crippen LogP contribution in [-0.2, 0) is 20.6 Å². The van der Waals surface area contributed by atoms with Crippen LogP contribution in [0, 0.1) is 5.92 Å². The van der Waals surface area contributed by atoms with Crippen molar-refractivity contribution in [3.63, 3.8) is 0 Å². The van der Waals surface area contributed by atoms with E-state index in [1.807, 2.05) is 49.5 Å². The first-order valence-corrected chi connectivity index (χ1v) is 13.9. The number of aliphatic hydroxyl groups is 3. The average Bonchev–Trinajstić information content (AvgIpc) is 3.31. The Morgan fingerprint density at radius 3 is 2.33 bits per heavy atom. The number of hydrogen-bond donors (Lipinski definition) is 5. The summed E-state index contributed by atoms with van der Waals surface area (Å²) < 4.78 is 3.96. The quantitative estimate of drug-likeness (QED) is 0.165. The van der Waals surface area contributed by atoms with Crippen molar-refractivity contribution in [1.82, 2.24) is 18.7 Å². The third-order valence-corrected chi connectivity index (χ3v) is 8.16. The second kappa shape index (κ2) is 13.8. The monoisotopic (exact) mass is 578 g/mol. The number of aryl methyl sites for hydroxylation is 1. The highest BCUT2D eigenvalue weighted by Crippen LogP contribution is 2.29. The van der Waals surface area contributed by atoms with Crippen LogP contribution < -0.4 is 34.3 Å². The third-order valence-electron chi connectivity index (χ3n) is 8.16. The maximum absolute atomic E-state index is 13.2. The maximum Gasteiger partial charge on any atom is 0.332 e. The molecule has 1 aromatic carbocycles. The van der Waals surface area contributed by atoms with Crippen LogP contribution in [0.1, 0.15) is 57.6 Å². The van der Waals surface area contributed by atoms with Crippen LogP contribution >= 0.6 is 0 Å². The lowest BCUT2D eigenvalue weighted by Crippen LogP contribution is -3.00. The summed E-state index contributed by atoms with van der Waals surface area (Å²) >= 11 is 0. The SMILES string of the molecule is CC(Nc1nc2c(c(=O)n(C)c(=O)n2C)n1CC(O)C[NH2+]C(C)C(O)c1ccccc1)C(O)C1CCCCC1.[Cl-]. The normalized spacial score (nSPS) is 18.1. The summed E-state index contributed by atoms with van der Waals surface area (Å²) in [6, 6.07) is 8.81. The van der Waals surface area contributed by atoms with E-state index in [0.717, 1.165) is 35.8 Å². The Kier molecular flexibility index (Phi) is 11.0. The van der Waals surface area contributed by atoms with E-state index in [4.69, 9.17) is 0 Å².